The molecule has 5 nitrogen and oxygen atoms in total. The summed E-state index contributed by atoms with van der Waals surface area (Å²) < 4.78 is 1.67. The fraction of sp³-hybridized carbons (Fsp3) is 0.550. The lowest BCUT2D eigenvalue weighted by molar-refractivity contribution is -0.119. The van der Waals surface area contributed by atoms with E-state index in [9.17, 15) is 9.59 Å². The fourth-order valence-electron chi connectivity index (χ4n) is 3.46. The summed E-state index contributed by atoms with van der Waals surface area (Å²) in [6.45, 7) is 4.67. The molecule has 1 N–H and O–H groups in total. The van der Waals surface area contributed by atoms with Crippen LogP contribution in [0.5, 0.6) is 0 Å². The van der Waals surface area contributed by atoms with Crippen molar-refractivity contribution in [2.45, 2.75) is 63.7 Å². The summed E-state index contributed by atoms with van der Waals surface area (Å²) >= 11 is 7.38. The van der Waals surface area contributed by atoms with E-state index in [0.717, 1.165) is 12.8 Å². The number of benzene rings is 1. The standard InChI is InChI=1S/C20H26ClN3O2S/c1-13(2)11-24-19(26)16-10-14(21)8-9-17(16)23-20(24)27-12-18(25)22-15-6-4-3-5-7-15/h8-10,13,15H,3-7,11-12H2,1-2H3,(H,22,25). The molecule has 0 bridgehead atoms. The Morgan fingerprint density at radius 3 is 2.78 bits per heavy atom. The molecule has 0 spiro atoms. The van der Waals surface area contributed by atoms with Gasteiger partial charge in [-0.15, -0.1) is 0 Å². The van der Waals surface area contributed by atoms with Crippen LogP contribution in [0, 0.1) is 5.92 Å². The van der Waals surface area contributed by atoms with Crippen molar-refractivity contribution in [3.63, 3.8) is 0 Å². The average Bonchev–Trinajstić information content (AvgIpc) is 2.64. The van der Waals surface area contributed by atoms with Crippen LogP contribution in [0.1, 0.15) is 46.0 Å². The molecule has 1 heterocycles. The van der Waals surface area contributed by atoms with Gasteiger partial charge in [0.2, 0.25) is 5.91 Å². The number of carbonyl (C=O) groups excluding carboxylic acids is 1. The molecule has 146 valence electrons. The summed E-state index contributed by atoms with van der Waals surface area (Å²) in [7, 11) is 0. The lowest BCUT2D eigenvalue weighted by Gasteiger charge is -2.22. The van der Waals surface area contributed by atoms with Crippen molar-refractivity contribution in [1.82, 2.24) is 14.9 Å². The zero-order valence-electron chi connectivity index (χ0n) is 15.8. The molecule has 0 radical (unpaired) electrons. The molecule has 0 saturated heterocycles. The number of fused-ring (bicyclic) bond motifs is 1. The summed E-state index contributed by atoms with van der Waals surface area (Å²) in [4.78, 5) is 29.9. The highest BCUT2D eigenvalue weighted by Crippen LogP contribution is 2.22. The Morgan fingerprint density at radius 1 is 1.33 bits per heavy atom. The highest BCUT2D eigenvalue weighted by molar-refractivity contribution is 7.99. The number of amides is 1. The summed E-state index contributed by atoms with van der Waals surface area (Å²) in [5.74, 6) is 0.560. The molecule has 0 atom stereocenters. The third-order valence-corrected chi connectivity index (χ3v) is 5.94. The van der Waals surface area contributed by atoms with E-state index in [2.05, 4.69) is 24.1 Å². The molecule has 1 saturated carbocycles. The number of nitrogens with one attached hydrogen (secondary N) is 1. The van der Waals surface area contributed by atoms with Crippen LogP contribution >= 0.6 is 23.4 Å². The molecule has 1 aliphatic carbocycles. The van der Waals surface area contributed by atoms with Crippen molar-refractivity contribution in [2.24, 2.45) is 5.92 Å². The van der Waals surface area contributed by atoms with E-state index in [4.69, 9.17) is 11.6 Å². The first kappa shape index (κ1) is 20.2. The Balaban J connectivity index is 1.80. The van der Waals surface area contributed by atoms with E-state index in [1.807, 2.05) is 0 Å². The minimum Gasteiger partial charge on any atom is -0.353 e. The molecular weight excluding hydrogens is 382 g/mol. The van der Waals surface area contributed by atoms with Gasteiger partial charge in [-0.25, -0.2) is 4.98 Å². The number of hydrogen-bond acceptors (Lipinski definition) is 4. The third-order valence-electron chi connectivity index (χ3n) is 4.73. The number of nitrogens with zero attached hydrogens (tertiary/aromatic N) is 2. The van der Waals surface area contributed by atoms with Crippen molar-refractivity contribution in [2.75, 3.05) is 5.75 Å². The molecule has 27 heavy (non-hydrogen) atoms. The fourth-order valence-corrected chi connectivity index (χ4v) is 4.45. The van der Waals surface area contributed by atoms with Gasteiger partial charge in [0.25, 0.3) is 5.56 Å². The summed E-state index contributed by atoms with van der Waals surface area (Å²) in [6.07, 6.45) is 5.74. The highest BCUT2D eigenvalue weighted by Gasteiger charge is 2.18. The lowest BCUT2D eigenvalue weighted by Crippen LogP contribution is -2.37. The van der Waals surface area contributed by atoms with Gasteiger partial charge in [0.05, 0.1) is 16.7 Å². The normalized spacial score (nSPS) is 15.4. The molecule has 1 aromatic heterocycles. The van der Waals surface area contributed by atoms with Gasteiger partial charge in [-0.05, 0) is 37.0 Å². The maximum atomic E-state index is 12.9. The monoisotopic (exact) mass is 407 g/mol. The molecule has 3 rings (SSSR count). The zero-order valence-corrected chi connectivity index (χ0v) is 17.4. The second kappa shape index (κ2) is 9.11. The number of halogens is 1. The maximum absolute atomic E-state index is 12.9. The quantitative estimate of drug-likeness (QED) is 0.574. The molecule has 1 fully saturated rings. The van der Waals surface area contributed by atoms with Crippen molar-refractivity contribution >= 4 is 40.2 Å². The molecule has 7 heteroatoms. The molecule has 2 aromatic rings. The van der Waals surface area contributed by atoms with E-state index < -0.39 is 0 Å². The topological polar surface area (TPSA) is 64.0 Å². The Labute approximate surface area is 168 Å². The molecule has 0 aliphatic heterocycles. The zero-order chi connectivity index (χ0) is 19.4. The van der Waals surface area contributed by atoms with Crippen LogP contribution < -0.4 is 10.9 Å². The van der Waals surface area contributed by atoms with Gasteiger partial charge in [0, 0.05) is 17.6 Å². The smallest absolute Gasteiger partial charge is 0.262 e. The second-order valence-corrected chi connectivity index (χ2v) is 8.94. The van der Waals surface area contributed by atoms with Gasteiger partial charge in [-0.3, -0.25) is 14.2 Å². The van der Waals surface area contributed by atoms with Crippen LogP contribution in [0.2, 0.25) is 5.02 Å². The largest absolute Gasteiger partial charge is 0.353 e. The first-order valence-electron chi connectivity index (χ1n) is 9.56. The van der Waals surface area contributed by atoms with Crippen LogP contribution in [0.4, 0.5) is 0 Å². The Kier molecular flexibility index (Phi) is 6.82. The highest BCUT2D eigenvalue weighted by atomic mass is 35.5. The summed E-state index contributed by atoms with van der Waals surface area (Å²) in [5, 5.41) is 4.73. The maximum Gasteiger partial charge on any atom is 0.262 e. The van der Waals surface area contributed by atoms with Crippen LogP contribution in [-0.2, 0) is 11.3 Å². The predicted molar refractivity (Wildman–Crippen MR) is 112 cm³/mol. The minimum atomic E-state index is -0.105. The van der Waals surface area contributed by atoms with E-state index >= 15 is 0 Å². The second-order valence-electron chi connectivity index (χ2n) is 7.56. The molecule has 1 aliphatic rings. The van der Waals surface area contributed by atoms with Crippen LogP contribution in [0.25, 0.3) is 10.9 Å². The summed E-state index contributed by atoms with van der Waals surface area (Å²) in [5.41, 5.74) is 0.506. The van der Waals surface area contributed by atoms with Gasteiger partial charge in [0.1, 0.15) is 0 Å². The number of thioether (sulfide) groups is 1. The van der Waals surface area contributed by atoms with Crippen molar-refractivity contribution in [3.8, 4) is 0 Å². The number of aromatic nitrogens is 2. The number of carbonyl (C=O) groups is 1. The van der Waals surface area contributed by atoms with Gasteiger partial charge >= 0.3 is 0 Å². The first-order chi connectivity index (χ1) is 12.9. The SMILES string of the molecule is CC(C)Cn1c(SCC(=O)NC2CCCCC2)nc2ccc(Cl)cc2c1=O. The van der Waals surface area contributed by atoms with E-state index in [-0.39, 0.29) is 29.2 Å². The van der Waals surface area contributed by atoms with E-state index in [0.29, 0.717) is 27.6 Å². The van der Waals surface area contributed by atoms with Crippen LogP contribution in [0.3, 0.4) is 0 Å². The van der Waals surface area contributed by atoms with Crippen molar-refractivity contribution in [1.29, 1.82) is 0 Å². The number of hydrogen-bond donors (Lipinski definition) is 1. The minimum absolute atomic E-state index is 0.00782. The molecule has 0 unspecified atom stereocenters. The van der Waals surface area contributed by atoms with E-state index in [1.165, 1.54) is 31.0 Å². The molecular formula is C20H26ClN3O2S. The molecule has 1 aromatic carbocycles. The average molecular weight is 408 g/mol. The number of rotatable bonds is 6. The van der Waals surface area contributed by atoms with Gasteiger partial charge in [-0.2, -0.15) is 0 Å². The third kappa shape index (κ3) is 5.26. The van der Waals surface area contributed by atoms with Gasteiger partial charge in [-0.1, -0.05) is 56.5 Å². The van der Waals surface area contributed by atoms with Crippen molar-refractivity contribution in [3.05, 3.63) is 33.6 Å². The van der Waals surface area contributed by atoms with Gasteiger partial charge in [0.15, 0.2) is 5.16 Å². The molecule has 1 amide bonds. The van der Waals surface area contributed by atoms with Gasteiger partial charge < -0.3 is 5.32 Å². The summed E-state index contributed by atoms with van der Waals surface area (Å²) in [6, 6.07) is 5.43. The van der Waals surface area contributed by atoms with Crippen LogP contribution in [-0.4, -0.2) is 27.3 Å². The first-order valence-corrected chi connectivity index (χ1v) is 10.9. The lowest BCUT2D eigenvalue weighted by atomic mass is 9.95. The van der Waals surface area contributed by atoms with E-state index in [1.54, 1.807) is 22.8 Å². The predicted octanol–water partition coefficient (Wildman–Crippen LogP) is 4.25. The van der Waals surface area contributed by atoms with Crippen molar-refractivity contribution < 1.29 is 4.79 Å². The van der Waals surface area contributed by atoms with Crippen LogP contribution in [0.15, 0.2) is 28.2 Å². The Morgan fingerprint density at radius 2 is 2.07 bits per heavy atom. The Bertz CT molecular complexity index is 875. The Hall–Kier alpha value is -1.53.